The Morgan fingerprint density at radius 3 is 2.52 bits per heavy atom. The lowest BCUT2D eigenvalue weighted by atomic mass is 10.0. The van der Waals surface area contributed by atoms with Crippen LogP contribution in [0.4, 0.5) is 18.9 Å². The molecule has 0 bridgehead atoms. The maximum absolute atomic E-state index is 13.1. The summed E-state index contributed by atoms with van der Waals surface area (Å²) < 4.78 is 46.5. The van der Waals surface area contributed by atoms with Crippen molar-refractivity contribution in [2.24, 2.45) is 0 Å². The highest BCUT2D eigenvalue weighted by molar-refractivity contribution is 6.08. The fourth-order valence-electron chi connectivity index (χ4n) is 4.04. The zero-order valence-corrected chi connectivity index (χ0v) is 20.6. The number of hydrogen-bond donors (Lipinski definition) is 0. The Bertz CT molecular complexity index is 1740. The first kappa shape index (κ1) is 26.3. The van der Waals surface area contributed by atoms with Crippen molar-refractivity contribution in [3.8, 4) is 11.4 Å². The average molecular weight is 544 g/mol. The van der Waals surface area contributed by atoms with Gasteiger partial charge in [-0.3, -0.25) is 14.9 Å². The van der Waals surface area contributed by atoms with Crippen LogP contribution in [0, 0.1) is 10.1 Å². The quantitative estimate of drug-likeness (QED) is 0.0920. The Morgan fingerprint density at radius 1 is 1.00 bits per heavy atom. The second-order valence-corrected chi connectivity index (χ2v) is 8.69. The molecule has 200 valence electrons. The molecule has 0 atom stereocenters. The van der Waals surface area contributed by atoms with Crippen molar-refractivity contribution >= 4 is 28.3 Å². The van der Waals surface area contributed by atoms with Gasteiger partial charge >= 0.3 is 6.18 Å². The topological polar surface area (TPSA) is 100 Å². The van der Waals surface area contributed by atoms with Crippen molar-refractivity contribution in [3.05, 3.63) is 130 Å². The predicted octanol–water partition coefficient (Wildman–Crippen LogP) is 6.82. The summed E-state index contributed by atoms with van der Waals surface area (Å²) in [6.45, 7) is -0.0333. The third kappa shape index (κ3) is 5.73. The predicted molar refractivity (Wildman–Crippen MR) is 141 cm³/mol. The molecule has 0 aliphatic carbocycles. The Kier molecular flexibility index (Phi) is 7.11. The molecule has 0 unspecified atom stereocenters. The SMILES string of the molecule is O=C(/C=C/c1c(OCc2cn(-c3cccc(C(F)(F)F)c3)nn2)ccc2ccccc12)c1ccc([N+](=O)[O-])cc1. The van der Waals surface area contributed by atoms with Gasteiger partial charge in [0.05, 0.1) is 22.4 Å². The number of carbonyl (C=O) groups is 1. The van der Waals surface area contributed by atoms with Crippen LogP contribution in [0.3, 0.4) is 0 Å². The number of alkyl halides is 3. The van der Waals surface area contributed by atoms with E-state index in [-0.39, 0.29) is 29.3 Å². The molecule has 8 nitrogen and oxygen atoms in total. The van der Waals surface area contributed by atoms with Gasteiger partial charge in [-0.15, -0.1) is 5.10 Å². The molecule has 0 radical (unpaired) electrons. The lowest BCUT2D eigenvalue weighted by Gasteiger charge is -2.11. The summed E-state index contributed by atoms with van der Waals surface area (Å²) in [4.78, 5) is 23.1. The van der Waals surface area contributed by atoms with Crippen molar-refractivity contribution in [1.82, 2.24) is 15.0 Å². The van der Waals surface area contributed by atoms with E-state index in [2.05, 4.69) is 10.3 Å². The normalized spacial score (nSPS) is 11.7. The second kappa shape index (κ2) is 10.8. The molecule has 0 fully saturated rings. The first-order valence-electron chi connectivity index (χ1n) is 11.9. The van der Waals surface area contributed by atoms with Crippen LogP contribution in [0.25, 0.3) is 22.5 Å². The maximum Gasteiger partial charge on any atom is 0.416 e. The highest BCUT2D eigenvalue weighted by Gasteiger charge is 2.30. The number of rotatable bonds is 8. The molecule has 5 aromatic rings. The number of ketones is 1. The Balaban J connectivity index is 1.38. The third-order valence-corrected chi connectivity index (χ3v) is 6.05. The van der Waals surface area contributed by atoms with Crippen molar-refractivity contribution in [2.75, 3.05) is 0 Å². The first-order chi connectivity index (χ1) is 19.2. The van der Waals surface area contributed by atoms with E-state index < -0.39 is 16.7 Å². The highest BCUT2D eigenvalue weighted by Crippen LogP contribution is 2.31. The zero-order valence-electron chi connectivity index (χ0n) is 20.6. The molecule has 1 heterocycles. The molecular weight excluding hydrogens is 525 g/mol. The molecule has 0 spiro atoms. The maximum atomic E-state index is 13.1. The van der Waals surface area contributed by atoms with E-state index in [4.69, 9.17) is 4.74 Å². The van der Waals surface area contributed by atoms with E-state index in [0.717, 1.165) is 22.9 Å². The number of benzene rings is 4. The van der Waals surface area contributed by atoms with Crippen molar-refractivity contribution < 1.29 is 27.6 Å². The van der Waals surface area contributed by atoms with Crippen LogP contribution >= 0.6 is 0 Å². The first-order valence-corrected chi connectivity index (χ1v) is 11.9. The molecule has 0 saturated heterocycles. The Hall–Kier alpha value is -5.32. The number of nitro benzene ring substituents is 1. The summed E-state index contributed by atoms with van der Waals surface area (Å²) in [6, 6.07) is 21.2. The number of aromatic nitrogens is 3. The summed E-state index contributed by atoms with van der Waals surface area (Å²) >= 11 is 0. The minimum Gasteiger partial charge on any atom is -0.487 e. The summed E-state index contributed by atoms with van der Waals surface area (Å²) in [7, 11) is 0. The van der Waals surface area contributed by atoms with Crippen LogP contribution in [-0.4, -0.2) is 25.7 Å². The molecule has 0 amide bonds. The molecule has 4 aromatic carbocycles. The van der Waals surface area contributed by atoms with Gasteiger partial charge in [0.1, 0.15) is 18.1 Å². The average Bonchev–Trinajstić information content (AvgIpc) is 3.44. The lowest BCUT2D eigenvalue weighted by Crippen LogP contribution is -2.06. The van der Waals surface area contributed by atoms with Crippen molar-refractivity contribution in [3.63, 3.8) is 0 Å². The van der Waals surface area contributed by atoms with Crippen LogP contribution in [0.5, 0.6) is 5.75 Å². The number of carbonyl (C=O) groups excluding carboxylic acids is 1. The van der Waals surface area contributed by atoms with Gasteiger partial charge in [-0.1, -0.05) is 41.6 Å². The number of allylic oxidation sites excluding steroid dienone is 1. The van der Waals surface area contributed by atoms with Gasteiger partial charge in [0.15, 0.2) is 5.78 Å². The van der Waals surface area contributed by atoms with Crippen molar-refractivity contribution in [1.29, 1.82) is 0 Å². The fourth-order valence-corrected chi connectivity index (χ4v) is 4.04. The number of nitrogens with zero attached hydrogens (tertiary/aromatic N) is 4. The van der Waals surface area contributed by atoms with Crippen LogP contribution < -0.4 is 4.74 Å². The van der Waals surface area contributed by atoms with E-state index in [1.807, 2.05) is 30.3 Å². The summed E-state index contributed by atoms with van der Waals surface area (Å²) in [5.74, 6) is 0.0953. The molecular formula is C29H19F3N4O4. The van der Waals surface area contributed by atoms with Gasteiger partial charge in [-0.05, 0) is 59.3 Å². The number of ether oxygens (including phenoxy) is 1. The van der Waals surface area contributed by atoms with Crippen LogP contribution in [0.2, 0.25) is 0 Å². The van der Waals surface area contributed by atoms with E-state index >= 15 is 0 Å². The standard InChI is InChI=1S/C29H19F3N4O4/c30-29(31,32)21-5-3-6-24(16-21)35-17-22(33-34-35)18-40-28-15-10-19-4-1-2-7-25(19)26(28)13-14-27(37)20-8-11-23(12-9-20)36(38)39/h1-17H,18H2/b14-13+. The number of non-ortho nitro benzene ring substituents is 1. The minimum absolute atomic E-state index is 0.0333. The van der Waals surface area contributed by atoms with Crippen LogP contribution in [0.15, 0.2) is 97.2 Å². The molecule has 0 aliphatic heterocycles. The number of nitro groups is 1. The zero-order chi connectivity index (χ0) is 28.3. The molecule has 1 aromatic heterocycles. The third-order valence-electron chi connectivity index (χ3n) is 6.05. The van der Waals surface area contributed by atoms with Crippen LogP contribution in [0.1, 0.15) is 27.2 Å². The van der Waals surface area contributed by atoms with Gasteiger partial charge in [0.2, 0.25) is 0 Å². The summed E-state index contributed by atoms with van der Waals surface area (Å²) in [6.07, 6.45) is -0.0346. The van der Waals surface area contributed by atoms with Gasteiger partial charge in [0.25, 0.3) is 5.69 Å². The molecule has 0 saturated carbocycles. The summed E-state index contributed by atoms with van der Waals surface area (Å²) in [5, 5.41) is 20.5. The van der Waals surface area contributed by atoms with E-state index in [9.17, 15) is 28.1 Å². The van der Waals surface area contributed by atoms with Gasteiger partial charge in [0, 0.05) is 23.3 Å². The number of fused-ring (bicyclic) bond motifs is 1. The van der Waals surface area contributed by atoms with E-state index in [1.54, 1.807) is 12.1 Å². The smallest absolute Gasteiger partial charge is 0.416 e. The molecule has 5 rings (SSSR count). The van der Waals surface area contributed by atoms with Gasteiger partial charge in [-0.25, -0.2) is 4.68 Å². The van der Waals surface area contributed by atoms with Crippen LogP contribution in [-0.2, 0) is 12.8 Å². The molecule has 0 aliphatic rings. The second-order valence-electron chi connectivity index (χ2n) is 8.69. The lowest BCUT2D eigenvalue weighted by molar-refractivity contribution is -0.384. The molecule has 0 N–H and O–H groups in total. The minimum atomic E-state index is -4.48. The monoisotopic (exact) mass is 544 g/mol. The number of halogens is 3. The molecule has 40 heavy (non-hydrogen) atoms. The van der Waals surface area contributed by atoms with Crippen molar-refractivity contribution in [2.45, 2.75) is 12.8 Å². The Morgan fingerprint density at radius 2 is 1.77 bits per heavy atom. The summed E-state index contributed by atoms with van der Waals surface area (Å²) in [5.41, 5.74) is 0.578. The van der Waals surface area contributed by atoms with Gasteiger partial charge < -0.3 is 4.74 Å². The Labute approximate surface area is 225 Å². The number of hydrogen-bond acceptors (Lipinski definition) is 6. The van der Waals surface area contributed by atoms with E-state index in [0.29, 0.717) is 17.0 Å². The fraction of sp³-hybridized carbons (Fsp3) is 0.0690. The molecule has 11 heteroatoms. The van der Waals surface area contributed by atoms with E-state index in [1.165, 1.54) is 53.4 Å². The van der Waals surface area contributed by atoms with Gasteiger partial charge in [-0.2, -0.15) is 13.2 Å². The highest BCUT2D eigenvalue weighted by atomic mass is 19.4. The largest absolute Gasteiger partial charge is 0.487 e.